The van der Waals surface area contributed by atoms with Gasteiger partial charge in [-0.25, -0.2) is 17.5 Å². The summed E-state index contributed by atoms with van der Waals surface area (Å²) >= 11 is 9.56. The first kappa shape index (κ1) is 24.0. The SMILES string of the molecule is CC1(CC(NS(=O)(=O)C(C)(C)C)C2(c3ccccc3)Cc3c(cc(F)c(Cl)c3Br)O2)CO1. The number of nitrogens with one attached hydrogen (secondary N) is 1. The van der Waals surface area contributed by atoms with Crippen LogP contribution in [0.4, 0.5) is 4.39 Å². The van der Waals surface area contributed by atoms with Gasteiger partial charge >= 0.3 is 0 Å². The number of rotatable bonds is 6. The Hall–Kier alpha value is -1.19. The highest BCUT2D eigenvalue weighted by atomic mass is 79.9. The van der Waals surface area contributed by atoms with Gasteiger partial charge in [0.05, 0.1) is 28.0 Å². The molecule has 9 heteroatoms. The molecule has 2 aromatic carbocycles. The zero-order chi connectivity index (χ0) is 23.5. The van der Waals surface area contributed by atoms with Crippen LogP contribution in [0.2, 0.25) is 5.02 Å². The Labute approximate surface area is 201 Å². The van der Waals surface area contributed by atoms with Gasteiger partial charge in [-0.2, -0.15) is 0 Å². The summed E-state index contributed by atoms with van der Waals surface area (Å²) in [6.07, 6.45) is 0.694. The molecule has 1 N–H and O–H groups in total. The average Bonchev–Trinajstić information content (AvgIpc) is 3.30. The molecule has 0 saturated carbocycles. The molecule has 5 nitrogen and oxygen atoms in total. The van der Waals surface area contributed by atoms with Crippen LogP contribution >= 0.6 is 27.5 Å². The number of epoxide rings is 1. The van der Waals surface area contributed by atoms with Crippen LogP contribution in [-0.2, 0) is 26.8 Å². The highest BCUT2D eigenvalue weighted by Gasteiger charge is 2.55. The Morgan fingerprint density at radius 1 is 1.28 bits per heavy atom. The number of benzene rings is 2. The third-order valence-corrected chi connectivity index (χ3v) is 9.84. The van der Waals surface area contributed by atoms with Crippen LogP contribution in [-0.4, -0.2) is 31.4 Å². The van der Waals surface area contributed by atoms with Crippen LogP contribution in [0.3, 0.4) is 0 Å². The number of ether oxygens (including phenoxy) is 2. The Kier molecular flexibility index (Phi) is 5.95. The first-order valence-electron chi connectivity index (χ1n) is 10.3. The van der Waals surface area contributed by atoms with Gasteiger partial charge in [-0.1, -0.05) is 41.9 Å². The predicted octanol–water partition coefficient (Wildman–Crippen LogP) is 5.34. The van der Waals surface area contributed by atoms with E-state index in [4.69, 9.17) is 21.1 Å². The molecule has 32 heavy (non-hydrogen) atoms. The highest BCUT2D eigenvalue weighted by Crippen LogP contribution is 2.51. The second-order valence-corrected chi connectivity index (χ2v) is 13.4. The summed E-state index contributed by atoms with van der Waals surface area (Å²) in [6, 6.07) is 10.00. The van der Waals surface area contributed by atoms with Crippen molar-refractivity contribution in [3.8, 4) is 5.75 Å². The molecule has 174 valence electrons. The molecular weight excluding hydrogens is 521 g/mol. The van der Waals surface area contributed by atoms with Crippen LogP contribution in [0.5, 0.6) is 5.75 Å². The summed E-state index contributed by atoms with van der Waals surface area (Å²) < 4.78 is 55.3. The third-order valence-electron chi connectivity index (χ3n) is 6.16. The lowest BCUT2D eigenvalue weighted by Gasteiger charge is -2.39. The van der Waals surface area contributed by atoms with E-state index in [1.165, 1.54) is 6.07 Å². The van der Waals surface area contributed by atoms with E-state index in [1.54, 1.807) is 20.8 Å². The molecule has 0 bridgehead atoms. The van der Waals surface area contributed by atoms with Crippen LogP contribution < -0.4 is 9.46 Å². The minimum atomic E-state index is -3.74. The van der Waals surface area contributed by atoms with Crippen molar-refractivity contribution in [3.63, 3.8) is 0 Å². The Morgan fingerprint density at radius 2 is 1.91 bits per heavy atom. The minimum absolute atomic E-state index is 0.0273. The predicted molar refractivity (Wildman–Crippen MR) is 126 cm³/mol. The standard InChI is InChI=1S/C23H26BrClFNO4S/c1-21(2,3)32(28,29)27-18(12-22(4)13-30-22)23(14-8-6-5-7-9-14)11-15-17(31-23)10-16(26)20(25)19(15)24/h5-10,18,27H,11-13H2,1-4H3. The number of halogens is 3. The Morgan fingerprint density at radius 3 is 2.47 bits per heavy atom. The van der Waals surface area contributed by atoms with Gasteiger partial charge < -0.3 is 9.47 Å². The Balaban J connectivity index is 1.87. The smallest absolute Gasteiger partial charge is 0.216 e. The molecule has 1 saturated heterocycles. The largest absolute Gasteiger partial charge is 0.480 e. The molecule has 2 aliphatic heterocycles. The van der Waals surface area contributed by atoms with Gasteiger partial charge in [0.2, 0.25) is 10.0 Å². The van der Waals surface area contributed by atoms with Crippen LogP contribution in [0.1, 0.15) is 45.2 Å². The molecule has 0 amide bonds. The molecule has 1 fully saturated rings. The fraction of sp³-hybridized carbons (Fsp3) is 0.478. The van der Waals surface area contributed by atoms with E-state index in [0.29, 0.717) is 35.2 Å². The fourth-order valence-corrected chi connectivity index (χ4v) is 5.67. The van der Waals surface area contributed by atoms with Crippen molar-refractivity contribution in [2.75, 3.05) is 6.61 Å². The van der Waals surface area contributed by atoms with Crippen molar-refractivity contribution in [2.45, 2.75) is 62.5 Å². The quantitative estimate of drug-likeness (QED) is 0.392. The monoisotopic (exact) mass is 545 g/mol. The second-order valence-electron chi connectivity index (χ2n) is 9.73. The highest BCUT2D eigenvalue weighted by molar-refractivity contribution is 9.10. The molecular formula is C23H26BrClFNO4S. The second kappa shape index (κ2) is 7.94. The van der Waals surface area contributed by atoms with E-state index in [9.17, 15) is 12.8 Å². The maximum absolute atomic E-state index is 14.4. The number of sulfonamides is 1. The fourth-order valence-electron chi connectivity index (χ4n) is 3.98. The maximum atomic E-state index is 14.4. The maximum Gasteiger partial charge on any atom is 0.216 e. The van der Waals surface area contributed by atoms with Crippen LogP contribution in [0, 0.1) is 5.82 Å². The van der Waals surface area contributed by atoms with Gasteiger partial charge in [-0.3, -0.25) is 0 Å². The van der Waals surface area contributed by atoms with E-state index in [-0.39, 0.29) is 5.02 Å². The van der Waals surface area contributed by atoms with Crippen molar-refractivity contribution < 1.29 is 22.3 Å². The van der Waals surface area contributed by atoms with Gasteiger partial charge in [0.1, 0.15) is 11.6 Å². The number of fused-ring (bicyclic) bond motifs is 1. The van der Waals surface area contributed by atoms with Crippen molar-refractivity contribution in [1.82, 2.24) is 4.72 Å². The minimum Gasteiger partial charge on any atom is -0.480 e. The van der Waals surface area contributed by atoms with Gasteiger partial charge in [0.25, 0.3) is 0 Å². The molecule has 2 heterocycles. The summed E-state index contributed by atoms with van der Waals surface area (Å²) in [7, 11) is -3.74. The number of hydrogen-bond acceptors (Lipinski definition) is 4. The first-order valence-corrected chi connectivity index (χ1v) is 13.0. The van der Waals surface area contributed by atoms with E-state index in [1.807, 2.05) is 37.3 Å². The van der Waals surface area contributed by atoms with Gasteiger partial charge in [-0.05, 0) is 55.6 Å². The third kappa shape index (κ3) is 4.20. The van der Waals surface area contributed by atoms with Gasteiger partial charge in [0.15, 0.2) is 5.60 Å². The van der Waals surface area contributed by atoms with E-state index < -0.39 is 37.8 Å². The molecule has 3 unspecified atom stereocenters. The van der Waals surface area contributed by atoms with Crippen molar-refractivity contribution in [1.29, 1.82) is 0 Å². The molecule has 2 aliphatic rings. The molecule has 0 aromatic heterocycles. The van der Waals surface area contributed by atoms with Gasteiger partial charge in [-0.15, -0.1) is 0 Å². The molecule has 2 aromatic rings. The van der Waals surface area contributed by atoms with Crippen molar-refractivity contribution in [2.24, 2.45) is 0 Å². The summed E-state index contributed by atoms with van der Waals surface area (Å²) in [5, 5.41) is -0.0273. The molecule has 0 radical (unpaired) electrons. The number of hydrogen-bond donors (Lipinski definition) is 1. The van der Waals surface area contributed by atoms with Crippen LogP contribution in [0.25, 0.3) is 0 Å². The average molecular weight is 547 g/mol. The van der Waals surface area contributed by atoms with Gasteiger partial charge in [0, 0.05) is 22.5 Å². The summed E-state index contributed by atoms with van der Waals surface area (Å²) in [4.78, 5) is 0. The molecule has 3 atom stereocenters. The summed E-state index contributed by atoms with van der Waals surface area (Å²) in [5.74, 6) is -0.269. The zero-order valence-electron chi connectivity index (χ0n) is 18.3. The summed E-state index contributed by atoms with van der Waals surface area (Å²) in [5.41, 5.74) is -0.102. The van der Waals surface area contributed by atoms with Crippen molar-refractivity contribution in [3.05, 3.63) is 62.8 Å². The lowest BCUT2D eigenvalue weighted by atomic mass is 9.79. The van der Waals surface area contributed by atoms with E-state index in [0.717, 1.165) is 5.56 Å². The summed E-state index contributed by atoms with van der Waals surface area (Å²) in [6.45, 7) is 7.41. The molecule has 4 rings (SSSR count). The first-order chi connectivity index (χ1) is 14.8. The van der Waals surface area contributed by atoms with E-state index in [2.05, 4.69) is 20.7 Å². The van der Waals surface area contributed by atoms with E-state index >= 15 is 0 Å². The lowest BCUT2D eigenvalue weighted by molar-refractivity contribution is 0.0421. The van der Waals surface area contributed by atoms with Crippen molar-refractivity contribution >= 4 is 37.6 Å². The Bertz CT molecular complexity index is 1150. The molecule has 0 aliphatic carbocycles. The zero-order valence-corrected chi connectivity index (χ0v) is 21.5. The normalized spacial score (nSPS) is 25.8. The molecule has 0 spiro atoms. The van der Waals surface area contributed by atoms with Crippen LogP contribution in [0.15, 0.2) is 40.9 Å². The topological polar surface area (TPSA) is 67.9 Å². The lowest BCUT2D eigenvalue weighted by Crippen LogP contribution is -2.57.